The van der Waals surface area contributed by atoms with Crippen LogP contribution in [0.3, 0.4) is 0 Å². The Kier molecular flexibility index (Phi) is 4.40. The molecule has 1 heterocycles. The van der Waals surface area contributed by atoms with Gasteiger partial charge in [-0.05, 0) is 37.1 Å². The van der Waals surface area contributed by atoms with Gasteiger partial charge in [-0.15, -0.1) is 0 Å². The maximum Gasteiger partial charge on any atom is 0.326 e. The number of carboxylic acid groups (broad SMARTS) is 1. The summed E-state index contributed by atoms with van der Waals surface area (Å²) in [7, 11) is 0. The average molecular weight is 258 g/mol. The zero-order valence-corrected chi connectivity index (χ0v) is 10.9. The Morgan fingerprint density at radius 1 is 1.21 bits per heavy atom. The minimum atomic E-state index is -0.758. The molecule has 1 aromatic carbocycles. The molecule has 0 saturated carbocycles. The second kappa shape index (κ2) is 6.24. The van der Waals surface area contributed by atoms with Gasteiger partial charge in [0, 0.05) is 12.2 Å². The van der Waals surface area contributed by atoms with E-state index in [0.29, 0.717) is 12.0 Å². The average Bonchev–Trinajstić information content (AvgIpc) is 2.38. The third-order valence-corrected chi connectivity index (χ3v) is 3.62. The van der Waals surface area contributed by atoms with Crippen molar-refractivity contribution in [1.82, 2.24) is 0 Å². The molecule has 0 radical (unpaired) electrons. The van der Waals surface area contributed by atoms with Crippen molar-refractivity contribution in [2.24, 2.45) is 0 Å². The molecule has 0 spiro atoms. The Morgan fingerprint density at radius 2 is 1.89 bits per heavy atom. The first-order valence-corrected chi connectivity index (χ1v) is 6.72. The normalized spacial score (nSPS) is 20.2. The van der Waals surface area contributed by atoms with Crippen LogP contribution >= 0.6 is 0 Å². The highest BCUT2D eigenvalue weighted by Gasteiger charge is 2.26. The number of anilines is 1. The van der Waals surface area contributed by atoms with Crippen LogP contribution in [0.5, 0.6) is 0 Å². The fraction of sp³-hybridized carbons (Fsp3) is 0.467. The van der Waals surface area contributed by atoms with E-state index < -0.39 is 12.0 Å². The molecule has 4 heteroatoms. The van der Waals surface area contributed by atoms with Crippen LogP contribution in [0.25, 0.3) is 0 Å². The highest BCUT2D eigenvalue weighted by Crippen LogP contribution is 2.24. The molecule has 1 fully saturated rings. The van der Waals surface area contributed by atoms with Gasteiger partial charge in [-0.25, -0.2) is 4.79 Å². The lowest BCUT2D eigenvalue weighted by Gasteiger charge is -2.32. The summed E-state index contributed by atoms with van der Waals surface area (Å²) in [5.74, 6) is -0.758. The number of hydrogen-bond acceptors (Lipinski definition) is 3. The van der Waals surface area contributed by atoms with Crippen LogP contribution in [-0.4, -0.2) is 23.7 Å². The van der Waals surface area contributed by atoms with Crippen molar-refractivity contribution in [3.8, 4) is 6.07 Å². The monoisotopic (exact) mass is 258 g/mol. The van der Waals surface area contributed by atoms with E-state index in [1.54, 1.807) is 12.1 Å². The van der Waals surface area contributed by atoms with Crippen molar-refractivity contribution in [2.75, 3.05) is 11.4 Å². The van der Waals surface area contributed by atoms with E-state index in [0.717, 1.165) is 37.9 Å². The Bertz CT molecular complexity index is 476. The van der Waals surface area contributed by atoms with E-state index in [9.17, 15) is 9.90 Å². The second-order valence-corrected chi connectivity index (χ2v) is 4.91. The van der Waals surface area contributed by atoms with Crippen LogP contribution in [0.1, 0.15) is 37.7 Å². The van der Waals surface area contributed by atoms with Crippen molar-refractivity contribution in [2.45, 2.75) is 38.1 Å². The predicted molar refractivity (Wildman–Crippen MR) is 73.0 cm³/mol. The van der Waals surface area contributed by atoms with Crippen LogP contribution < -0.4 is 4.90 Å². The topological polar surface area (TPSA) is 64.3 Å². The van der Waals surface area contributed by atoms with Gasteiger partial charge in [0.25, 0.3) is 0 Å². The highest BCUT2D eigenvalue weighted by atomic mass is 16.4. The first kappa shape index (κ1) is 13.4. The Morgan fingerprint density at radius 3 is 2.53 bits per heavy atom. The van der Waals surface area contributed by atoms with Gasteiger partial charge in [-0.3, -0.25) is 0 Å². The lowest BCUT2D eigenvalue weighted by molar-refractivity contribution is -0.138. The fourth-order valence-electron chi connectivity index (χ4n) is 2.58. The molecule has 0 amide bonds. The van der Waals surface area contributed by atoms with Gasteiger partial charge < -0.3 is 10.0 Å². The van der Waals surface area contributed by atoms with Crippen LogP contribution in [0.4, 0.5) is 5.69 Å². The third kappa shape index (κ3) is 3.25. The summed E-state index contributed by atoms with van der Waals surface area (Å²) in [5.41, 5.74) is 1.50. The molecule has 4 nitrogen and oxygen atoms in total. The van der Waals surface area contributed by atoms with Gasteiger partial charge >= 0.3 is 5.97 Å². The molecule has 1 aromatic rings. The SMILES string of the molecule is N#Cc1ccc(N2CCCCCCC2C(=O)O)cc1. The Labute approximate surface area is 113 Å². The van der Waals surface area contributed by atoms with Gasteiger partial charge in [0.2, 0.25) is 0 Å². The molecule has 100 valence electrons. The first-order chi connectivity index (χ1) is 9.22. The van der Waals surface area contributed by atoms with Crippen LogP contribution in [0.15, 0.2) is 24.3 Å². The van der Waals surface area contributed by atoms with Crippen molar-refractivity contribution in [1.29, 1.82) is 5.26 Å². The molecule has 0 bridgehead atoms. The van der Waals surface area contributed by atoms with Crippen molar-refractivity contribution >= 4 is 11.7 Å². The number of carbonyl (C=O) groups is 1. The Hall–Kier alpha value is -2.02. The van der Waals surface area contributed by atoms with E-state index >= 15 is 0 Å². The summed E-state index contributed by atoms with van der Waals surface area (Å²) in [6.07, 6.45) is 4.94. The van der Waals surface area contributed by atoms with E-state index in [-0.39, 0.29) is 0 Å². The standard InChI is InChI=1S/C15H18N2O2/c16-11-12-6-8-13(9-7-12)17-10-4-2-1-3-5-14(17)15(18)19/h6-9,14H,1-5,10H2,(H,18,19). The summed E-state index contributed by atoms with van der Waals surface area (Å²) in [5, 5.41) is 18.2. The molecular weight excluding hydrogens is 240 g/mol. The number of aliphatic carboxylic acids is 1. The summed E-state index contributed by atoms with van der Waals surface area (Å²) in [6.45, 7) is 0.767. The molecule has 1 atom stereocenters. The van der Waals surface area contributed by atoms with E-state index in [4.69, 9.17) is 5.26 Å². The molecule has 1 N–H and O–H groups in total. The summed E-state index contributed by atoms with van der Waals surface area (Å²) >= 11 is 0. The largest absolute Gasteiger partial charge is 0.480 e. The van der Waals surface area contributed by atoms with Gasteiger partial charge in [-0.2, -0.15) is 5.26 Å². The van der Waals surface area contributed by atoms with Gasteiger partial charge in [-0.1, -0.05) is 19.3 Å². The minimum absolute atomic E-state index is 0.451. The van der Waals surface area contributed by atoms with E-state index in [2.05, 4.69) is 6.07 Å². The molecule has 2 rings (SSSR count). The lowest BCUT2D eigenvalue weighted by atomic mass is 10.0. The molecule has 1 aliphatic rings. The van der Waals surface area contributed by atoms with E-state index in [1.807, 2.05) is 17.0 Å². The second-order valence-electron chi connectivity index (χ2n) is 4.91. The minimum Gasteiger partial charge on any atom is -0.480 e. The van der Waals surface area contributed by atoms with Crippen molar-refractivity contribution in [3.63, 3.8) is 0 Å². The molecule has 0 aromatic heterocycles. The zero-order valence-electron chi connectivity index (χ0n) is 10.9. The molecule has 1 aliphatic heterocycles. The van der Waals surface area contributed by atoms with Crippen LogP contribution in [0.2, 0.25) is 0 Å². The summed E-state index contributed by atoms with van der Waals surface area (Å²) in [4.78, 5) is 13.4. The van der Waals surface area contributed by atoms with E-state index in [1.165, 1.54) is 0 Å². The number of benzene rings is 1. The number of nitriles is 1. The number of nitrogens with zero attached hydrogens (tertiary/aromatic N) is 2. The predicted octanol–water partition coefficient (Wildman–Crippen LogP) is 2.78. The fourth-order valence-corrected chi connectivity index (χ4v) is 2.58. The quantitative estimate of drug-likeness (QED) is 0.886. The van der Waals surface area contributed by atoms with Gasteiger partial charge in [0.15, 0.2) is 0 Å². The summed E-state index contributed by atoms with van der Waals surface area (Å²) < 4.78 is 0. The smallest absolute Gasteiger partial charge is 0.326 e. The van der Waals surface area contributed by atoms with Crippen LogP contribution in [0, 0.1) is 11.3 Å². The molecule has 1 saturated heterocycles. The summed E-state index contributed by atoms with van der Waals surface area (Å²) in [6, 6.07) is 8.80. The highest BCUT2D eigenvalue weighted by molar-refractivity contribution is 5.78. The zero-order chi connectivity index (χ0) is 13.7. The lowest BCUT2D eigenvalue weighted by Crippen LogP contribution is -2.42. The number of rotatable bonds is 2. The molecular formula is C15H18N2O2. The maximum absolute atomic E-state index is 11.4. The Balaban J connectivity index is 2.24. The van der Waals surface area contributed by atoms with Gasteiger partial charge in [0.05, 0.1) is 11.6 Å². The maximum atomic E-state index is 11.4. The number of hydrogen-bond donors (Lipinski definition) is 1. The van der Waals surface area contributed by atoms with Crippen molar-refractivity contribution in [3.05, 3.63) is 29.8 Å². The molecule has 1 unspecified atom stereocenters. The van der Waals surface area contributed by atoms with Crippen molar-refractivity contribution < 1.29 is 9.90 Å². The molecule has 19 heavy (non-hydrogen) atoms. The first-order valence-electron chi connectivity index (χ1n) is 6.72. The van der Waals surface area contributed by atoms with Crippen LogP contribution in [-0.2, 0) is 4.79 Å². The third-order valence-electron chi connectivity index (χ3n) is 3.62. The number of carboxylic acids is 1. The van der Waals surface area contributed by atoms with Gasteiger partial charge in [0.1, 0.15) is 6.04 Å². The molecule has 0 aliphatic carbocycles.